The number of aromatic nitrogens is 2. The molecule has 1 aliphatic rings. The van der Waals surface area contributed by atoms with Gasteiger partial charge in [0.25, 0.3) is 0 Å². The predicted octanol–water partition coefficient (Wildman–Crippen LogP) is 2.33. The highest BCUT2D eigenvalue weighted by molar-refractivity contribution is 5.55. The molecule has 0 amide bonds. The quantitative estimate of drug-likeness (QED) is 0.880. The molecule has 0 spiro atoms. The molecule has 2 atom stereocenters. The molecule has 5 heteroatoms. The topological polar surface area (TPSA) is 68.4 Å². The smallest absolute Gasteiger partial charge is 0.232 e. The van der Waals surface area contributed by atoms with E-state index in [4.69, 9.17) is 9.26 Å². The molecule has 1 N–H and O–H groups in total. The van der Waals surface area contributed by atoms with E-state index in [2.05, 4.69) is 10.1 Å². The molecule has 1 saturated heterocycles. The zero-order valence-electron chi connectivity index (χ0n) is 10.0. The minimum atomic E-state index is 0.123. The van der Waals surface area contributed by atoms with Crippen LogP contribution in [-0.4, -0.2) is 28.0 Å². The van der Waals surface area contributed by atoms with E-state index >= 15 is 0 Å². The molecule has 0 radical (unpaired) electrons. The van der Waals surface area contributed by atoms with Crippen molar-refractivity contribution in [1.82, 2.24) is 10.1 Å². The van der Waals surface area contributed by atoms with Crippen LogP contribution in [-0.2, 0) is 4.74 Å². The van der Waals surface area contributed by atoms with Gasteiger partial charge in [0.15, 0.2) is 0 Å². The zero-order chi connectivity index (χ0) is 12.5. The maximum atomic E-state index is 9.24. The highest BCUT2D eigenvalue weighted by Gasteiger charge is 2.30. The molecule has 94 valence electrons. The van der Waals surface area contributed by atoms with E-state index in [1.54, 1.807) is 24.3 Å². The maximum absolute atomic E-state index is 9.24. The molecule has 5 nitrogen and oxygen atoms in total. The molecule has 0 bridgehead atoms. The summed E-state index contributed by atoms with van der Waals surface area (Å²) in [6.45, 7) is 2.75. The molecule has 2 aromatic rings. The Balaban J connectivity index is 1.87. The van der Waals surface area contributed by atoms with Crippen LogP contribution in [0.4, 0.5) is 0 Å². The minimum absolute atomic E-state index is 0.123. The molecule has 1 aromatic carbocycles. The maximum Gasteiger partial charge on any atom is 0.232 e. The first-order valence-corrected chi connectivity index (χ1v) is 5.98. The Morgan fingerprint density at radius 2 is 2.06 bits per heavy atom. The number of ether oxygens (including phenoxy) is 1. The third-order valence-electron chi connectivity index (χ3n) is 3.26. The molecule has 2 unspecified atom stereocenters. The summed E-state index contributed by atoms with van der Waals surface area (Å²) in [7, 11) is 0. The molecule has 18 heavy (non-hydrogen) atoms. The van der Waals surface area contributed by atoms with Gasteiger partial charge in [0, 0.05) is 12.2 Å². The monoisotopic (exact) mass is 246 g/mol. The van der Waals surface area contributed by atoms with Crippen LogP contribution in [0, 0.1) is 0 Å². The van der Waals surface area contributed by atoms with Crippen molar-refractivity contribution in [3.8, 4) is 17.1 Å². The highest BCUT2D eigenvalue weighted by atomic mass is 16.5. The van der Waals surface area contributed by atoms with Crippen molar-refractivity contribution >= 4 is 0 Å². The molecule has 0 aliphatic carbocycles. The predicted molar refractivity (Wildman–Crippen MR) is 64.2 cm³/mol. The summed E-state index contributed by atoms with van der Waals surface area (Å²) in [5, 5.41) is 13.2. The number of nitrogens with zero attached hydrogens (tertiary/aromatic N) is 2. The Labute approximate surface area is 104 Å². The van der Waals surface area contributed by atoms with Gasteiger partial charge in [-0.2, -0.15) is 4.98 Å². The lowest BCUT2D eigenvalue weighted by Gasteiger charge is -2.07. The number of phenolic OH excluding ortho intramolecular Hbond substituents is 1. The van der Waals surface area contributed by atoms with Crippen LogP contribution in [0.25, 0.3) is 11.4 Å². The number of hydrogen-bond acceptors (Lipinski definition) is 5. The van der Waals surface area contributed by atoms with Crippen LogP contribution in [0.5, 0.6) is 5.75 Å². The third kappa shape index (κ3) is 1.97. The summed E-state index contributed by atoms with van der Waals surface area (Å²) >= 11 is 0. The first-order valence-electron chi connectivity index (χ1n) is 5.98. The van der Waals surface area contributed by atoms with E-state index in [-0.39, 0.29) is 17.8 Å². The molecular weight excluding hydrogens is 232 g/mol. The lowest BCUT2D eigenvalue weighted by Crippen LogP contribution is -2.09. The van der Waals surface area contributed by atoms with E-state index in [0.717, 1.165) is 18.6 Å². The first kappa shape index (κ1) is 11.2. The van der Waals surface area contributed by atoms with Gasteiger partial charge in [-0.3, -0.25) is 0 Å². The second-order valence-corrected chi connectivity index (χ2v) is 4.47. The Kier molecular flexibility index (Phi) is 2.76. The van der Waals surface area contributed by atoms with Gasteiger partial charge in [0.1, 0.15) is 5.75 Å². The highest BCUT2D eigenvalue weighted by Crippen LogP contribution is 2.31. The minimum Gasteiger partial charge on any atom is -0.508 e. The lowest BCUT2D eigenvalue weighted by atomic mass is 10.0. The number of aromatic hydroxyl groups is 1. The summed E-state index contributed by atoms with van der Waals surface area (Å²) in [4.78, 5) is 4.40. The normalized spacial score (nSPS) is 23.4. The van der Waals surface area contributed by atoms with Crippen molar-refractivity contribution in [2.75, 3.05) is 6.61 Å². The van der Waals surface area contributed by atoms with Crippen LogP contribution < -0.4 is 0 Å². The van der Waals surface area contributed by atoms with Gasteiger partial charge >= 0.3 is 0 Å². The largest absolute Gasteiger partial charge is 0.508 e. The molecule has 0 saturated carbocycles. The summed E-state index contributed by atoms with van der Waals surface area (Å²) in [6.07, 6.45) is 1.04. The van der Waals surface area contributed by atoms with E-state index < -0.39 is 0 Å². The second kappa shape index (κ2) is 4.42. The third-order valence-corrected chi connectivity index (χ3v) is 3.26. The van der Waals surface area contributed by atoms with Crippen LogP contribution in [0.1, 0.15) is 25.2 Å². The average Bonchev–Trinajstić information content (AvgIpc) is 2.98. The van der Waals surface area contributed by atoms with Crippen molar-refractivity contribution in [2.24, 2.45) is 0 Å². The van der Waals surface area contributed by atoms with Crippen LogP contribution in [0.15, 0.2) is 28.8 Å². The summed E-state index contributed by atoms with van der Waals surface area (Å²) in [6, 6.07) is 6.73. The van der Waals surface area contributed by atoms with Gasteiger partial charge in [0.2, 0.25) is 11.7 Å². The Morgan fingerprint density at radius 3 is 2.72 bits per heavy atom. The summed E-state index contributed by atoms with van der Waals surface area (Å²) < 4.78 is 10.8. The van der Waals surface area contributed by atoms with Crippen molar-refractivity contribution < 1.29 is 14.4 Å². The van der Waals surface area contributed by atoms with Gasteiger partial charge in [-0.25, -0.2) is 0 Å². The van der Waals surface area contributed by atoms with Crippen molar-refractivity contribution in [1.29, 1.82) is 0 Å². The van der Waals surface area contributed by atoms with Gasteiger partial charge in [0.05, 0.1) is 12.0 Å². The number of rotatable bonds is 2. The number of hydrogen-bond donors (Lipinski definition) is 1. The first-order chi connectivity index (χ1) is 8.74. The number of benzene rings is 1. The molecule has 1 fully saturated rings. The summed E-state index contributed by atoms with van der Waals surface area (Å²) in [5.41, 5.74) is 0.828. The Morgan fingerprint density at radius 1 is 1.28 bits per heavy atom. The summed E-state index contributed by atoms with van der Waals surface area (Å²) in [5.74, 6) is 1.58. The van der Waals surface area contributed by atoms with Gasteiger partial charge in [-0.1, -0.05) is 5.16 Å². The van der Waals surface area contributed by atoms with Gasteiger partial charge in [-0.15, -0.1) is 0 Å². The van der Waals surface area contributed by atoms with Crippen molar-refractivity contribution in [2.45, 2.75) is 25.4 Å². The SMILES string of the molecule is CC1OCCC1c1nc(-c2ccc(O)cc2)no1. The fraction of sp³-hybridized carbons (Fsp3) is 0.385. The second-order valence-electron chi connectivity index (χ2n) is 4.47. The molecule has 2 heterocycles. The van der Waals surface area contributed by atoms with Crippen LogP contribution in [0.3, 0.4) is 0 Å². The fourth-order valence-corrected chi connectivity index (χ4v) is 2.17. The zero-order valence-corrected chi connectivity index (χ0v) is 10.0. The molecule has 3 rings (SSSR count). The van der Waals surface area contributed by atoms with E-state index in [0.29, 0.717) is 11.7 Å². The number of phenols is 1. The Bertz CT molecular complexity index is 535. The van der Waals surface area contributed by atoms with E-state index in [1.165, 1.54) is 0 Å². The van der Waals surface area contributed by atoms with Crippen LogP contribution in [0.2, 0.25) is 0 Å². The molecule has 1 aliphatic heterocycles. The standard InChI is InChI=1S/C13H14N2O3/c1-8-11(6-7-17-8)13-14-12(15-18-13)9-2-4-10(16)5-3-9/h2-5,8,11,16H,6-7H2,1H3. The van der Waals surface area contributed by atoms with Crippen molar-refractivity contribution in [3.05, 3.63) is 30.2 Å². The molecule has 1 aromatic heterocycles. The van der Waals surface area contributed by atoms with Crippen LogP contribution >= 0.6 is 0 Å². The molecular formula is C13H14N2O3. The Hall–Kier alpha value is -1.88. The van der Waals surface area contributed by atoms with Gasteiger partial charge < -0.3 is 14.4 Å². The lowest BCUT2D eigenvalue weighted by molar-refractivity contribution is 0.113. The van der Waals surface area contributed by atoms with E-state index in [9.17, 15) is 5.11 Å². The van der Waals surface area contributed by atoms with Gasteiger partial charge in [-0.05, 0) is 37.6 Å². The van der Waals surface area contributed by atoms with E-state index in [1.807, 2.05) is 6.92 Å². The fourth-order valence-electron chi connectivity index (χ4n) is 2.17. The average molecular weight is 246 g/mol. The van der Waals surface area contributed by atoms with Crippen molar-refractivity contribution in [3.63, 3.8) is 0 Å².